The zero-order valence-corrected chi connectivity index (χ0v) is 10.9. The second-order valence-electron chi connectivity index (χ2n) is 4.19. The van der Waals surface area contributed by atoms with Gasteiger partial charge in [0.25, 0.3) is 0 Å². The van der Waals surface area contributed by atoms with Gasteiger partial charge in [-0.05, 0) is 18.4 Å². The average molecular weight is 245 g/mol. The summed E-state index contributed by atoms with van der Waals surface area (Å²) in [7, 11) is 0. The van der Waals surface area contributed by atoms with Crippen molar-refractivity contribution < 1.29 is 4.79 Å². The molecular weight excluding hydrogens is 226 g/mol. The minimum Gasteiger partial charge on any atom is -0.334 e. The summed E-state index contributed by atoms with van der Waals surface area (Å²) in [6, 6.07) is 11.5. The van der Waals surface area contributed by atoms with Gasteiger partial charge in [0.05, 0.1) is 6.07 Å². The van der Waals surface area contributed by atoms with E-state index in [0.717, 1.165) is 5.56 Å². The molecule has 1 aromatic carbocycles. The van der Waals surface area contributed by atoms with Crippen molar-refractivity contribution in [3.05, 3.63) is 35.9 Å². The molecule has 2 amide bonds. The van der Waals surface area contributed by atoms with Crippen LogP contribution in [0.2, 0.25) is 0 Å². The highest BCUT2D eigenvalue weighted by Crippen LogP contribution is 2.13. The minimum absolute atomic E-state index is 0.302. The van der Waals surface area contributed by atoms with Crippen LogP contribution in [-0.2, 0) is 6.54 Å². The van der Waals surface area contributed by atoms with Crippen LogP contribution in [0.1, 0.15) is 32.3 Å². The average Bonchev–Trinajstić information content (AvgIpc) is 2.44. The zero-order valence-electron chi connectivity index (χ0n) is 10.9. The van der Waals surface area contributed by atoms with Gasteiger partial charge in [-0.2, -0.15) is 5.26 Å². The predicted octanol–water partition coefficient (Wildman–Crippen LogP) is 2.57. The molecule has 1 rings (SSSR count). The number of urea groups is 1. The number of hydrogen-bond donors (Lipinski definition) is 2. The summed E-state index contributed by atoms with van der Waals surface area (Å²) in [6.45, 7) is 4.25. The van der Waals surface area contributed by atoms with E-state index >= 15 is 0 Å². The van der Waals surface area contributed by atoms with Crippen molar-refractivity contribution >= 4 is 6.03 Å². The fourth-order valence-electron chi connectivity index (χ4n) is 1.65. The molecule has 0 saturated carbocycles. The molecule has 18 heavy (non-hydrogen) atoms. The number of benzene rings is 1. The van der Waals surface area contributed by atoms with E-state index in [4.69, 9.17) is 5.26 Å². The Balaban J connectivity index is 2.50. The van der Waals surface area contributed by atoms with Crippen LogP contribution in [-0.4, -0.2) is 11.6 Å². The summed E-state index contributed by atoms with van der Waals surface area (Å²) in [5.74, 6) is 0. The molecule has 0 saturated heterocycles. The largest absolute Gasteiger partial charge is 0.334 e. The summed E-state index contributed by atoms with van der Waals surface area (Å²) in [6.07, 6.45) is 1.19. The standard InChI is InChI=1S/C14H19N3O/c1-3-14(4-2,11-15)17-13(18)16-10-12-8-6-5-7-9-12/h5-9H,3-4,10H2,1-2H3,(H2,16,17,18). The lowest BCUT2D eigenvalue weighted by atomic mass is 9.95. The first-order valence-electron chi connectivity index (χ1n) is 6.17. The molecule has 4 heteroatoms. The van der Waals surface area contributed by atoms with E-state index in [1.807, 2.05) is 44.2 Å². The minimum atomic E-state index is -0.763. The Morgan fingerprint density at radius 1 is 1.28 bits per heavy atom. The molecule has 0 bridgehead atoms. The fourth-order valence-corrected chi connectivity index (χ4v) is 1.65. The van der Waals surface area contributed by atoms with Gasteiger partial charge in [-0.1, -0.05) is 44.2 Å². The lowest BCUT2D eigenvalue weighted by Gasteiger charge is -2.24. The molecule has 4 nitrogen and oxygen atoms in total. The molecule has 1 aromatic rings. The maximum absolute atomic E-state index is 11.7. The highest BCUT2D eigenvalue weighted by molar-refractivity contribution is 5.75. The van der Waals surface area contributed by atoms with Gasteiger partial charge in [-0.15, -0.1) is 0 Å². The van der Waals surface area contributed by atoms with Crippen molar-refractivity contribution in [1.29, 1.82) is 5.26 Å². The van der Waals surface area contributed by atoms with Gasteiger partial charge in [0.2, 0.25) is 0 Å². The second kappa shape index (κ2) is 6.65. The Bertz CT molecular complexity index is 418. The molecule has 0 aromatic heterocycles. The van der Waals surface area contributed by atoms with Crippen molar-refractivity contribution in [3.63, 3.8) is 0 Å². The Kier molecular flexibility index (Phi) is 5.19. The number of hydrogen-bond acceptors (Lipinski definition) is 2. The van der Waals surface area contributed by atoms with Crippen LogP contribution in [0, 0.1) is 11.3 Å². The first-order valence-corrected chi connectivity index (χ1v) is 6.17. The van der Waals surface area contributed by atoms with E-state index in [1.54, 1.807) is 0 Å². The Labute approximate surface area is 108 Å². The van der Waals surface area contributed by atoms with Crippen molar-refractivity contribution in [2.24, 2.45) is 0 Å². The van der Waals surface area contributed by atoms with Crippen LogP contribution in [0.15, 0.2) is 30.3 Å². The number of nitriles is 1. The van der Waals surface area contributed by atoms with Crippen molar-refractivity contribution in [2.75, 3.05) is 0 Å². The van der Waals surface area contributed by atoms with Gasteiger partial charge in [0.15, 0.2) is 0 Å². The number of nitrogens with zero attached hydrogens (tertiary/aromatic N) is 1. The quantitative estimate of drug-likeness (QED) is 0.837. The van der Waals surface area contributed by atoms with Crippen LogP contribution in [0.25, 0.3) is 0 Å². The second-order valence-corrected chi connectivity index (χ2v) is 4.19. The first kappa shape index (κ1) is 14.0. The Morgan fingerprint density at radius 2 is 1.89 bits per heavy atom. The predicted molar refractivity (Wildman–Crippen MR) is 70.7 cm³/mol. The third kappa shape index (κ3) is 3.77. The van der Waals surface area contributed by atoms with Crippen LogP contribution < -0.4 is 10.6 Å². The third-order valence-corrected chi connectivity index (χ3v) is 3.07. The molecule has 0 unspecified atom stereocenters. The Morgan fingerprint density at radius 3 is 2.39 bits per heavy atom. The highest BCUT2D eigenvalue weighted by Gasteiger charge is 2.27. The first-order chi connectivity index (χ1) is 8.65. The summed E-state index contributed by atoms with van der Waals surface area (Å²) < 4.78 is 0. The topological polar surface area (TPSA) is 64.9 Å². The number of carbonyl (C=O) groups is 1. The van der Waals surface area contributed by atoms with Gasteiger partial charge >= 0.3 is 6.03 Å². The molecule has 0 spiro atoms. The van der Waals surface area contributed by atoms with Gasteiger partial charge in [-0.25, -0.2) is 4.79 Å². The number of amides is 2. The van der Waals surface area contributed by atoms with E-state index in [2.05, 4.69) is 16.7 Å². The molecule has 0 aliphatic rings. The molecule has 0 fully saturated rings. The molecule has 0 aliphatic heterocycles. The molecule has 0 heterocycles. The molecule has 96 valence electrons. The SMILES string of the molecule is CCC(C#N)(CC)NC(=O)NCc1ccccc1. The highest BCUT2D eigenvalue weighted by atomic mass is 16.2. The molecular formula is C14H19N3O. The molecule has 0 radical (unpaired) electrons. The van der Waals surface area contributed by atoms with E-state index in [9.17, 15) is 4.79 Å². The number of rotatable bonds is 5. The van der Waals surface area contributed by atoms with Crippen LogP contribution in [0.4, 0.5) is 4.79 Å². The van der Waals surface area contributed by atoms with Crippen molar-refractivity contribution in [2.45, 2.75) is 38.8 Å². The van der Waals surface area contributed by atoms with Gasteiger partial charge < -0.3 is 10.6 Å². The van der Waals surface area contributed by atoms with E-state index in [1.165, 1.54) is 0 Å². The van der Waals surface area contributed by atoms with Gasteiger partial charge in [0.1, 0.15) is 5.54 Å². The van der Waals surface area contributed by atoms with Crippen molar-refractivity contribution in [3.8, 4) is 6.07 Å². The normalized spacial score (nSPS) is 10.5. The number of carbonyl (C=O) groups excluding carboxylic acids is 1. The summed E-state index contributed by atoms with van der Waals surface area (Å²) >= 11 is 0. The fraction of sp³-hybridized carbons (Fsp3) is 0.429. The zero-order chi connectivity index (χ0) is 13.4. The van der Waals surface area contributed by atoms with Crippen LogP contribution in [0.5, 0.6) is 0 Å². The van der Waals surface area contributed by atoms with E-state index in [-0.39, 0.29) is 6.03 Å². The monoisotopic (exact) mass is 245 g/mol. The summed E-state index contributed by atoms with van der Waals surface area (Å²) in [5.41, 5.74) is 0.268. The van der Waals surface area contributed by atoms with Crippen LogP contribution in [0.3, 0.4) is 0 Å². The summed E-state index contributed by atoms with van der Waals surface area (Å²) in [4.78, 5) is 11.7. The van der Waals surface area contributed by atoms with Crippen LogP contribution >= 0.6 is 0 Å². The van der Waals surface area contributed by atoms with Gasteiger partial charge in [-0.3, -0.25) is 0 Å². The van der Waals surface area contributed by atoms with Crippen molar-refractivity contribution in [1.82, 2.24) is 10.6 Å². The molecule has 0 aliphatic carbocycles. The maximum Gasteiger partial charge on any atom is 0.316 e. The number of nitrogens with one attached hydrogen (secondary N) is 2. The molecule has 2 N–H and O–H groups in total. The van der Waals surface area contributed by atoms with E-state index in [0.29, 0.717) is 19.4 Å². The summed E-state index contributed by atoms with van der Waals surface area (Å²) in [5, 5.41) is 14.6. The smallest absolute Gasteiger partial charge is 0.316 e. The lowest BCUT2D eigenvalue weighted by Crippen LogP contribution is -2.50. The van der Waals surface area contributed by atoms with Gasteiger partial charge in [0, 0.05) is 6.54 Å². The maximum atomic E-state index is 11.7. The van der Waals surface area contributed by atoms with E-state index < -0.39 is 5.54 Å². The lowest BCUT2D eigenvalue weighted by molar-refractivity contribution is 0.230. The molecule has 0 atom stereocenters. The third-order valence-electron chi connectivity index (χ3n) is 3.07. The Hall–Kier alpha value is -2.02.